The maximum atomic E-state index is 12.6. The molecule has 0 bridgehead atoms. The number of rotatable bonds is 5. The highest BCUT2D eigenvalue weighted by Gasteiger charge is 2.44. The number of aliphatic hydroxyl groups excluding tert-OH is 1. The van der Waals surface area contributed by atoms with Crippen LogP contribution in [0.4, 0.5) is 11.6 Å². The number of nitrogens with zero attached hydrogens (tertiary/aromatic N) is 4. The number of nitrogens with one attached hydrogen (secondary N) is 1. The minimum absolute atomic E-state index is 0.0805. The second-order valence-electron chi connectivity index (χ2n) is 8.40. The number of carbonyl (C=O) groups excluding carboxylic acids is 1. The molecule has 27 heavy (non-hydrogen) atoms. The monoisotopic (exact) mass is 373 g/mol. The average molecular weight is 374 g/mol. The average Bonchev–Trinajstić information content (AvgIpc) is 3.23. The van der Waals surface area contributed by atoms with Gasteiger partial charge in [-0.3, -0.25) is 4.79 Å². The lowest BCUT2D eigenvalue weighted by molar-refractivity contribution is -0.140. The molecule has 0 unspecified atom stereocenters. The van der Waals surface area contributed by atoms with E-state index in [1.54, 1.807) is 6.33 Å². The number of likely N-dealkylation sites (tertiary alicyclic amines) is 1. The molecule has 1 saturated carbocycles. The number of aromatic nitrogens is 2. The van der Waals surface area contributed by atoms with Crippen LogP contribution in [-0.4, -0.2) is 64.7 Å². The highest BCUT2D eigenvalue weighted by atomic mass is 16.3. The molecular formula is C20H31N5O2. The van der Waals surface area contributed by atoms with Gasteiger partial charge in [-0.2, -0.15) is 0 Å². The third-order valence-corrected chi connectivity index (χ3v) is 6.52. The van der Waals surface area contributed by atoms with Gasteiger partial charge in [0.15, 0.2) is 0 Å². The molecule has 2 N–H and O–H groups in total. The quantitative estimate of drug-likeness (QED) is 0.822. The molecule has 4 rings (SSSR count). The minimum Gasteiger partial charge on any atom is -0.395 e. The first-order valence-corrected chi connectivity index (χ1v) is 10.4. The second kappa shape index (κ2) is 8.00. The van der Waals surface area contributed by atoms with Crippen molar-refractivity contribution >= 4 is 17.5 Å². The van der Waals surface area contributed by atoms with Gasteiger partial charge >= 0.3 is 0 Å². The van der Waals surface area contributed by atoms with E-state index in [-0.39, 0.29) is 12.0 Å². The van der Waals surface area contributed by atoms with Crippen LogP contribution in [0.5, 0.6) is 0 Å². The van der Waals surface area contributed by atoms with Crippen LogP contribution in [0.1, 0.15) is 51.4 Å². The maximum Gasteiger partial charge on any atom is 0.222 e. The normalized spacial score (nSPS) is 26.8. The van der Waals surface area contributed by atoms with Crippen molar-refractivity contribution in [3.63, 3.8) is 0 Å². The first kappa shape index (κ1) is 18.5. The molecule has 1 amide bonds. The fourth-order valence-corrected chi connectivity index (χ4v) is 5.13. The van der Waals surface area contributed by atoms with Gasteiger partial charge < -0.3 is 20.2 Å². The van der Waals surface area contributed by atoms with Crippen molar-refractivity contribution < 1.29 is 9.90 Å². The number of amides is 1. The van der Waals surface area contributed by atoms with E-state index < -0.39 is 0 Å². The van der Waals surface area contributed by atoms with Crippen LogP contribution in [0, 0.1) is 5.41 Å². The third-order valence-electron chi connectivity index (χ3n) is 6.52. The maximum absolute atomic E-state index is 12.6. The summed E-state index contributed by atoms with van der Waals surface area (Å²) >= 11 is 0. The van der Waals surface area contributed by atoms with E-state index in [1.165, 1.54) is 32.1 Å². The minimum atomic E-state index is 0.0805. The van der Waals surface area contributed by atoms with Gasteiger partial charge in [-0.05, 0) is 32.1 Å². The van der Waals surface area contributed by atoms with Crippen molar-refractivity contribution in [2.24, 2.45) is 5.41 Å². The summed E-state index contributed by atoms with van der Waals surface area (Å²) in [5.41, 5.74) is 0.193. The Kier molecular flexibility index (Phi) is 5.48. The number of piperidine rings is 2. The van der Waals surface area contributed by atoms with Crippen LogP contribution in [0.15, 0.2) is 12.4 Å². The summed E-state index contributed by atoms with van der Waals surface area (Å²) in [4.78, 5) is 25.9. The molecule has 0 radical (unpaired) electrons. The summed E-state index contributed by atoms with van der Waals surface area (Å²) in [6.07, 6.45) is 10.5. The predicted octanol–water partition coefficient (Wildman–Crippen LogP) is 2.03. The van der Waals surface area contributed by atoms with Crippen molar-refractivity contribution in [2.75, 3.05) is 43.0 Å². The molecule has 3 fully saturated rings. The lowest BCUT2D eigenvalue weighted by Crippen LogP contribution is -2.56. The Bertz CT molecular complexity index is 664. The van der Waals surface area contributed by atoms with E-state index in [4.69, 9.17) is 5.11 Å². The molecule has 7 heteroatoms. The third kappa shape index (κ3) is 4.03. The number of carbonyl (C=O) groups is 1. The highest BCUT2D eigenvalue weighted by molar-refractivity contribution is 5.77. The van der Waals surface area contributed by atoms with E-state index in [0.717, 1.165) is 44.1 Å². The summed E-state index contributed by atoms with van der Waals surface area (Å²) in [6.45, 7) is 3.43. The van der Waals surface area contributed by atoms with Crippen molar-refractivity contribution in [1.82, 2.24) is 14.9 Å². The zero-order valence-corrected chi connectivity index (χ0v) is 16.1. The van der Waals surface area contributed by atoms with Gasteiger partial charge in [-0.1, -0.05) is 12.8 Å². The van der Waals surface area contributed by atoms with E-state index in [0.29, 0.717) is 24.9 Å². The summed E-state index contributed by atoms with van der Waals surface area (Å²) in [5, 5.41) is 12.1. The summed E-state index contributed by atoms with van der Waals surface area (Å²) in [5.74, 6) is 2.05. The molecule has 1 aromatic heterocycles. The number of hydrogen-bond donors (Lipinski definition) is 2. The van der Waals surface area contributed by atoms with Gasteiger partial charge in [0.25, 0.3) is 0 Å². The van der Waals surface area contributed by atoms with Crippen LogP contribution in [0.2, 0.25) is 0 Å². The van der Waals surface area contributed by atoms with Gasteiger partial charge in [-0.15, -0.1) is 0 Å². The Labute approximate surface area is 161 Å². The molecular weight excluding hydrogens is 342 g/mol. The first-order valence-electron chi connectivity index (χ1n) is 10.4. The molecule has 1 aliphatic carbocycles. The van der Waals surface area contributed by atoms with E-state index in [1.807, 2.05) is 6.07 Å². The lowest BCUT2D eigenvalue weighted by atomic mass is 9.73. The molecule has 1 aromatic rings. The molecule has 1 atom stereocenters. The van der Waals surface area contributed by atoms with Crippen molar-refractivity contribution in [1.29, 1.82) is 0 Å². The van der Waals surface area contributed by atoms with Crippen LogP contribution >= 0.6 is 0 Å². The summed E-state index contributed by atoms with van der Waals surface area (Å²) < 4.78 is 0. The Hall–Kier alpha value is -1.89. The molecule has 7 nitrogen and oxygen atoms in total. The molecule has 1 spiro atoms. The standard InChI is InChI=1S/C20H31N5O2/c26-11-9-21-17-12-18(23-15-22-17)24-10-3-7-20(13-24)8-6-19(27)25(14-20)16-4-1-2-5-16/h12,15-16,26H,1-11,13-14H2,(H,21,22,23)/t20-/m0/s1. The smallest absolute Gasteiger partial charge is 0.222 e. The molecule has 2 saturated heterocycles. The Balaban J connectivity index is 1.48. The topological polar surface area (TPSA) is 81.6 Å². The molecule has 3 aliphatic rings. The van der Waals surface area contributed by atoms with Crippen molar-refractivity contribution in [3.8, 4) is 0 Å². The summed E-state index contributed by atoms with van der Waals surface area (Å²) in [6, 6.07) is 2.44. The largest absolute Gasteiger partial charge is 0.395 e. The molecule has 148 valence electrons. The number of aliphatic hydroxyl groups is 1. The molecule has 2 aliphatic heterocycles. The van der Waals surface area contributed by atoms with Gasteiger partial charge in [0, 0.05) is 50.1 Å². The predicted molar refractivity (Wildman–Crippen MR) is 105 cm³/mol. The fraction of sp³-hybridized carbons (Fsp3) is 0.750. The van der Waals surface area contributed by atoms with E-state index in [2.05, 4.69) is 25.1 Å². The zero-order valence-electron chi connectivity index (χ0n) is 16.1. The van der Waals surface area contributed by atoms with Crippen molar-refractivity contribution in [3.05, 3.63) is 12.4 Å². The number of hydrogen-bond acceptors (Lipinski definition) is 6. The van der Waals surface area contributed by atoms with Crippen LogP contribution in [0.25, 0.3) is 0 Å². The van der Waals surface area contributed by atoms with Gasteiger partial charge in [0.2, 0.25) is 5.91 Å². The summed E-state index contributed by atoms with van der Waals surface area (Å²) in [7, 11) is 0. The van der Waals surface area contributed by atoms with E-state index in [9.17, 15) is 4.79 Å². The fourth-order valence-electron chi connectivity index (χ4n) is 5.13. The second-order valence-corrected chi connectivity index (χ2v) is 8.40. The molecule has 3 heterocycles. The van der Waals surface area contributed by atoms with Gasteiger partial charge in [-0.25, -0.2) is 9.97 Å². The van der Waals surface area contributed by atoms with E-state index >= 15 is 0 Å². The highest BCUT2D eigenvalue weighted by Crippen LogP contribution is 2.42. The lowest BCUT2D eigenvalue weighted by Gasteiger charge is -2.50. The van der Waals surface area contributed by atoms with Gasteiger partial charge in [0.05, 0.1) is 6.61 Å². The number of anilines is 2. The molecule has 0 aromatic carbocycles. The van der Waals surface area contributed by atoms with Crippen LogP contribution in [-0.2, 0) is 4.79 Å². The Morgan fingerprint density at radius 1 is 1.19 bits per heavy atom. The zero-order chi connectivity index (χ0) is 18.7. The van der Waals surface area contributed by atoms with Crippen molar-refractivity contribution in [2.45, 2.75) is 57.4 Å². The van der Waals surface area contributed by atoms with Gasteiger partial charge in [0.1, 0.15) is 18.0 Å². The first-order chi connectivity index (χ1) is 13.2. The van der Waals surface area contributed by atoms with Crippen LogP contribution < -0.4 is 10.2 Å². The Morgan fingerprint density at radius 3 is 2.85 bits per heavy atom. The SMILES string of the molecule is O=C1CC[C@]2(CCCN(c3cc(NCCO)ncn3)C2)CN1C1CCCC1. The Morgan fingerprint density at radius 2 is 2.04 bits per heavy atom. The van der Waals surface area contributed by atoms with Crippen LogP contribution in [0.3, 0.4) is 0 Å².